The number of carbonyl (C=O) groups is 1. The van der Waals surface area contributed by atoms with E-state index in [-0.39, 0.29) is 35.9 Å². The van der Waals surface area contributed by atoms with Gasteiger partial charge in [0.2, 0.25) is 0 Å². The van der Waals surface area contributed by atoms with Crippen LogP contribution in [0.2, 0.25) is 5.02 Å². The number of aliphatic hydroxyl groups is 1. The number of anilines is 2. The lowest BCUT2D eigenvalue weighted by Gasteiger charge is -2.43. The van der Waals surface area contributed by atoms with Crippen LogP contribution in [-0.2, 0) is 16.1 Å². The zero-order valence-electron chi connectivity index (χ0n) is 24.6. The molecule has 3 saturated heterocycles. The first-order valence-corrected chi connectivity index (χ1v) is 15.7. The Morgan fingerprint density at radius 3 is 2.74 bits per heavy atom. The molecule has 230 valence electrons. The summed E-state index contributed by atoms with van der Waals surface area (Å²) in [6.45, 7) is 9.40. The lowest BCUT2D eigenvalue weighted by molar-refractivity contribution is 0.0434. The number of nitrogens with zero attached hydrogens (tertiary/aromatic N) is 5. The number of amides is 1. The maximum atomic E-state index is 14.3. The molecule has 2 N–H and O–H groups in total. The van der Waals surface area contributed by atoms with Crippen LogP contribution < -0.4 is 15.1 Å². The molecule has 3 aliphatic heterocycles. The predicted molar refractivity (Wildman–Crippen MR) is 160 cm³/mol. The zero-order chi connectivity index (χ0) is 30.1. The van der Waals surface area contributed by atoms with Crippen LogP contribution in [0.25, 0.3) is 0 Å². The minimum Gasteiger partial charge on any atom is -0.444 e. The molecule has 3 fully saturated rings. The molecule has 5 heterocycles. The summed E-state index contributed by atoms with van der Waals surface area (Å²) in [5.74, 6) is 1.17. The van der Waals surface area contributed by atoms with Crippen molar-refractivity contribution in [3.8, 4) is 0 Å². The van der Waals surface area contributed by atoms with Gasteiger partial charge in [0.05, 0.1) is 42.6 Å². The molecule has 3 atom stereocenters. The van der Waals surface area contributed by atoms with Crippen molar-refractivity contribution in [1.82, 2.24) is 20.3 Å². The van der Waals surface area contributed by atoms with E-state index in [4.69, 9.17) is 21.1 Å². The molecule has 2 aromatic heterocycles. The normalized spacial score (nSPS) is 23.9. The Kier molecular flexibility index (Phi) is 9.36. The molecule has 0 bridgehead atoms. The van der Waals surface area contributed by atoms with Gasteiger partial charge in [-0.3, -0.25) is 0 Å². The molecule has 1 spiro atoms. The quantitative estimate of drug-likeness (QED) is 0.437. The summed E-state index contributed by atoms with van der Waals surface area (Å²) in [6.07, 6.45) is 6.13. The highest BCUT2D eigenvalue weighted by molar-refractivity contribution is 7.99. The molecule has 13 heteroatoms. The minimum absolute atomic E-state index is 0.00137. The van der Waals surface area contributed by atoms with Gasteiger partial charge in [-0.15, -0.1) is 0 Å². The molecule has 1 unspecified atom stereocenters. The van der Waals surface area contributed by atoms with Crippen molar-refractivity contribution in [2.24, 2.45) is 5.41 Å². The van der Waals surface area contributed by atoms with E-state index in [1.54, 1.807) is 12.4 Å². The number of alkyl carbamates (subject to hydrolysis) is 1. The molecule has 0 saturated carbocycles. The van der Waals surface area contributed by atoms with Gasteiger partial charge in [-0.1, -0.05) is 23.4 Å². The first kappa shape index (κ1) is 31.0. The van der Waals surface area contributed by atoms with Crippen molar-refractivity contribution in [2.75, 3.05) is 42.6 Å². The fourth-order valence-corrected chi connectivity index (χ4v) is 7.36. The lowest BCUT2D eigenvalue weighted by atomic mass is 9.73. The number of pyridine rings is 1. The average molecular weight is 623 g/mol. The van der Waals surface area contributed by atoms with Gasteiger partial charge in [-0.25, -0.2) is 24.1 Å². The topological polar surface area (TPSA) is 113 Å². The Morgan fingerprint density at radius 1 is 1.29 bits per heavy atom. The molecule has 0 aromatic carbocycles. The number of rotatable bonds is 7. The predicted octanol–water partition coefficient (Wildman–Crippen LogP) is 5.01. The third kappa shape index (κ3) is 6.56. The highest BCUT2D eigenvalue weighted by Gasteiger charge is 2.50. The van der Waals surface area contributed by atoms with Crippen molar-refractivity contribution in [2.45, 2.75) is 93.8 Å². The monoisotopic (exact) mass is 622 g/mol. The van der Waals surface area contributed by atoms with Crippen molar-refractivity contribution in [1.29, 1.82) is 0 Å². The van der Waals surface area contributed by atoms with Crippen molar-refractivity contribution >= 4 is 41.1 Å². The maximum Gasteiger partial charge on any atom is 0.407 e. The number of carbonyl (C=O) groups excluding carboxylic acids is 1. The molecule has 5 rings (SSSR count). The molecular weight excluding hydrogens is 583 g/mol. The number of alkyl halides is 1. The van der Waals surface area contributed by atoms with Crippen LogP contribution in [0.3, 0.4) is 0 Å². The number of hydrogen-bond acceptors (Lipinski definition) is 10. The molecular formula is C29H40ClFN6O4S. The SMILES string of the molecule is C[C@@H]1OCC2(CCN(c3ncc(Sc4ccnc(N5CCCC5CO)c4Cl)nc3CF)CC2)[C@@H]1NC(=O)OC(C)(C)C. The molecule has 10 nitrogen and oxygen atoms in total. The number of halogens is 2. The van der Waals surface area contributed by atoms with Gasteiger partial charge in [-0.05, 0) is 59.4 Å². The van der Waals surface area contributed by atoms with Crippen LogP contribution in [-0.4, -0.2) is 82.8 Å². The summed E-state index contributed by atoms with van der Waals surface area (Å²) in [5, 5.41) is 13.8. The summed E-state index contributed by atoms with van der Waals surface area (Å²) in [6, 6.07) is 1.63. The average Bonchev–Trinajstić information content (AvgIpc) is 3.54. The van der Waals surface area contributed by atoms with Crippen molar-refractivity contribution in [3.05, 3.63) is 29.2 Å². The van der Waals surface area contributed by atoms with Crippen LogP contribution in [0.1, 0.15) is 59.1 Å². The zero-order valence-corrected chi connectivity index (χ0v) is 26.2. The molecule has 2 aromatic rings. The maximum absolute atomic E-state index is 14.3. The van der Waals surface area contributed by atoms with E-state index in [1.165, 1.54) is 11.8 Å². The first-order chi connectivity index (χ1) is 20.0. The van der Waals surface area contributed by atoms with E-state index in [0.29, 0.717) is 41.4 Å². The Morgan fingerprint density at radius 2 is 2.05 bits per heavy atom. The van der Waals surface area contributed by atoms with Gasteiger partial charge in [0.15, 0.2) is 5.82 Å². The van der Waals surface area contributed by atoms with Crippen LogP contribution in [0.4, 0.5) is 20.8 Å². The standard InChI is InChI=1S/C29H40ClFN6O4S/c1-18-24(35-27(39)41-28(2,3)4)29(17-40-18)8-12-36(13-9-29)25-20(14-31)34-22(15-33-25)42-21-7-10-32-26(23(21)30)37-11-5-6-19(37)16-38/h7,10,15,18-19,24,38H,5-6,8-9,11-14,16-17H2,1-4H3,(H,35,39)/t18-,19?,24+/m0/s1. The molecule has 0 radical (unpaired) electrons. The van der Waals surface area contributed by atoms with Gasteiger partial charge < -0.3 is 29.7 Å². The molecule has 3 aliphatic rings. The number of aromatic nitrogens is 3. The van der Waals surface area contributed by atoms with Crippen LogP contribution in [0.15, 0.2) is 28.4 Å². The second-order valence-corrected chi connectivity index (χ2v) is 13.8. The fraction of sp³-hybridized carbons (Fsp3) is 0.655. The van der Waals surface area contributed by atoms with Gasteiger partial charge in [0, 0.05) is 36.1 Å². The number of piperidine rings is 1. The third-order valence-electron chi connectivity index (χ3n) is 8.33. The summed E-state index contributed by atoms with van der Waals surface area (Å²) in [4.78, 5) is 31.1. The van der Waals surface area contributed by atoms with E-state index in [2.05, 4.69) is 25.2 Å². The van der Waals surface area contributed by atoms with Crippen molar-refractivity contribution in [3.63, 3.8) is 0 Å². The fourth-order valence-electron chi connectivity index (χ4n) is 6.22. The van der Waals surface area contributed by atoms with E-state index in [1.807, 2.05) is 38.7 Å². The van der Waals surface area contributed by atoms with Crippen molar-refractivity contribution < 1.29 is 23.8 Å². The van der Waals surface area contributed by atoms with Gasteiger partial charge in [0.25, 0.3) is 0 Å². The van der Waals surface area contributed by atoms with Crippen LogP contribution >= 0.6 is 23.4 Å². The Bertz CT molecular complexity index is 1280. The van der Waals surface area contributed by atoms with Crippen LogP contribution in [0.5, 0.6) is 0 Å². The van der Waals surface area contributed by atoms with E-state index >= 15 is 0 Å². The largest absolute Gasteiger partial charge is 0.444 e. The minimum atomic E-state index is -0.747. The Hall–Kier alpha value is -2.41. The number of ether oxygens (including phenoxy) is 2. The summed E-state index contributed by atoms with van der Waals surface area (Å²) < 4.78 is 25.8. The number of nitrogens with one attached hydrogen (secondary N) is 1. The van der Waals surface area contributed by atoms with E-state index < -0.39 is 18.4 Å². The molecule has 0 aliphatic carbocycles. The second kappa shape index (κ2) is 12.7. The van der Waals surface area contributed by atoms with E-state index in [9.17, 15) is 14.3 Å². The first-order valence-electron chi connectivity index (χ1n) is 14.5. The van der Waals surface area contributed by atoms with E-state index in [0.717, 1.165) is 37.1 Å². The van der Waals surface area contributed by atoms with Gasteiger partial charge in [0.1, 0.15) is 28.8 Å². The summed E-state index contributed by atoms with van der Waals surface area (Å²) >= 11 is 8.07. The highest BCUT2D eigenvalue weighted by Crippen LogP contribution is 2.44. The molecule has 1 amide bonds. The Labute approximate surface area is 255 Å². The second-order valence-electron chi connectivity index (χ2n) is 12.3. The van der Waals surface area contributed by atoms with Gasteiger partial charge in [-0.2, -0.15) is 0 Å². The Balaban J connectivity index is 1.27. The summed E-state index contributed by atoms with van der Waals surface area (Å²) in [5.41, 5.74) is -0.538. The summed E-state index contributed by atoms with van der Waals surface area (Å²) in [7, 11) is 0. The third-order valence-corrected chi connectivity index (χ3v) is 9.78. The number of hydrogen-bond donors (Lipinski definition) is 2. The molecule has 42 heavy (non-hydrogen) atoms. The number of aliphatic hydroxyl groups excluding tert-OH is 1. The van der Waals surface area contributed by atoms with Crippen LogP contribution in [0, 0.1) is 5.41 Å². The highest BCUT2D eigenvalue weighted by atomic mass is 35.5. The lowest BCUT2D eigenvalue weighted by Crippen LogP contribution is -2.55. The smallest absolute Gasteiger partial charge is 0.407 e. The van der Waals surface area contributed by atoms with Gasteiger partial charge >= 0.3 is 6.09 Å².